The second-order valence-electron chi connectivity index (χ2n) is 12.6. The van der Waals surface area contributed by atoms with E-state index in [0.717, 1.165) is 22.7 Å². The van der Waals surface area contributed by atoms with E-state index >= 15 is 0 Å². The van der Waals surface area contributed by atoms with Gasteiger partial charge in [-0.3, -0.25) is 0 Å². The van der Waals surface area contributed by atoms with Crippen molar-refractivity contribution in [2.45, 2.75) is 6.92 Å². The molecule has 0 N–H and O–H groups in total. The zero-order chi connectivity index (χ0) is 32.7. The van der Waals surface area contributed by atoms with E-state index in [1.807, 2.05) is 0 Å². The third kappa shape index (κ3) is 4.97. The number of aryl methyl sites for hydroxylation is 1. The largest absolute Gasteiger partial charge is 0.310 e. The smallest absolute Gasteiger partial charge is 0.0562 e. The van der Waals surface area contributed by atoms with E-state index in [2.05, 4.69) is 204 Å². The van der Waals surface area contributed by atoms with Crippen molar-refractivity contribution >= 4 is 49.6 Å². The van der Waals surface area contributed by atoms with Crippen LogP contribution in [0.15, 0.2) is 188 Å². The van der Waals surface area contributed by atoms with Gasteiger partial charge in [-0.2, -0.15) is 0 Å². The molecule has 1 aromatic heterocycles. The molecule has 8 aromatic carbocycles. The van der Waals surface area contributed by atoms with Gasteiger partial charge in [-0.15, -0.1) is 0 Å². The number of hydrogen-bond acceptors (Lipinski definition) is 1. The maximum Gasteiger partial charge on any atom is 0.0562 e. The average molecular weight is 627 g/mol. The summed E-state index contributed by atoms with van der Waals surface area (Å²) in [4.78, 5) is 2.40. The lowest BCUT2D eigenvalue weighted by Gasteiger charge is -2.27. The normalized spacial score (nSPS) is 11.4. The Morgan fingerprint density at radius 3 is 1.88 bits per heavy atom. The van der Waals surface area contributed by atoms with Crippen LogP contribution in [-0.2, 0) is 0 Å². The average Bonchev–Trinajstić information content (AvgIpc) is 3.51. The van der Waals surface area contributed by atoms with Crippen LogP contribution in [0.5, 0.6) is 0 Å². The van der Waals surface area contributed by atoms with Crippen LogP contribution >= 0.6 is 0 Å². The molecule has 49 heavy (non-hydrogen) atoms. The Bertz CT molecular complexity index is 2600. The fourth-order valence-electron chi connectivity index (χ4n) is 7.47. The van der Waals surface area contributed by atoms with Crippen LogP contribution < -0.4 is 4.90 Å². The molecule has 9 rings (SSSR count). The number of hydrogen-bond donors (Lipinski definition) is 0. The molecular formula is C47H34N2. The van der Waals surface area contributed by atoms with Crippen molar-refractivity contribution in [3.8, 4) is 27.9 Å². The Kier molecular flexibility index (Phi) is 7.06. The first-order chi connectivity index (χ1) is 24.2. The maximum absolute atomic E-state index is 2.41. The highest BCUT2D eigenvalue weighted by Crippen LogP contribution is 2.44. The Balaban J connectivity index is 1.24. The van der Waals surface area contributed by atoms with E-state index in [1.165, 1.54) is 60.4 Å². The molecule has 0 bridgehead atoms. The van der Waals surface area contributed by atoms with E-state index < -0.39 is 0 Å². The summed E-state index contributed by atoms with van der Waals surface area (Å²) in [7, 11) is 0. The molecule has 0 saturated heterocycles. The lowest BCUT2D eigenvalue weighted by atomic mass is 9.94. The number of aromatic nitrogens is 1. The summed E-state index contributed by atoms with van der Waals surface area (Å²) in [5, 5.41) is 5.00. The molecule has 0 radical (unpaired) electrons. The zero-order valence-corrected chi connectivity index (χ0v) is 27.3. The lowest BCUT2D eigenvalue weighted by molar-refractivity contribution is 1.18. The third-order valence-electron chi connectivity index (χ3n) is 9.69. The van der Waals surface area contributed by atoms with Crippen LogP contribution in [0.1, 0.15) is 5.56 Å². The SMILES string of the molecule is Cc1ccc2ccccc2c1-c1ccc(-n2c3ccccc3c3c(N(c4ccccc4)c4cccc(-c5ccccc5)c4)cccc32)cc1. The van der Waals surface area contributed by atoms with Crippen molar-refractivity contribution < 1.29 is 0 Å². The summed E-state index contributed by atoms with van der Waals surface area (Å²) in [5.41, 5.74) is 13.1. The minimum absolute atomic E-state index is 1.12. The van der Waals surface area contributed by atoms with Gasteiger partial charge >= 0.3 is 0 Å². The van der Waals surface area contributed by atoms with Crippen molar-refractivity contribution in [1.29, 1.82) is 0 Å². The van der Waals surface area contributed by atoms with Crippen LogP contribution in [-0.4, -0.2) is 4.57 Å². The second-order valence-corrected chi connectivity index (χ2v) is 12.6. The van der Waals surface area contributed by atoms with Crippen LogP contribution in [0.3, 0.4) is 0 Å². The zero-order valence-electron chi connectivity index (χ0n) is 27.3. The topological polar surface area (TPSA) is 8.17 Å². The highest BCUT2D eigenvalue weighted by molar-refractivity contribution is 6.16. The standard InChI is InChI=1S/C47H34N2/c1-33-26-27-35-16-8-9-21-41(35)46(33)36-28-30-39(31-29-36)49-43-23-11-10-22-42(43)47-44(24-13-25-45(47)49)48(38-18-6-3-7-19-38)40-20-12-17-37(32-40)34-14-4-2-5-15-34/h2-32H,1H3. The minimum Gasteiger partial charge on any atom is -0.310 e. The van der Waals surface area contributed by atoms with Crippen molar-refractivity contribution in [3.63, 3.8) is 0 Å². The van der Waals surface area contributed by atoms with Gasteiger partial charge in [-0.25, -0.2) is 0 Å². The van der Waals surface area contributed by atoms with Crippen molar-refractivity contribution in [3.05, 3.63) is 194 Å². The molecule has 232 valence electrons. The number of anilines is 3. The molecule has 0 saturated carbocycles. The van der Waals surface area contributed by atoms with Gasteiger partial charge < -0.3 is 9.47 Å². The third-order valence-corrected chi connectivity index (χ3v) is 9.69. The molecule has 2 heteroatoms. The summed E-state index contributed by atoms with van der Waals surface area (Å²) < 4.78 is 2.41. The predicted octanol–water partition coefficient (Wildman–Crippen LogP) is 13.0. The van der Waals surface area contributed by atoms with E-state index in [-0.39, 0.29) is 0 Å². The first-order valence-corrected chi connectivity index (χ1v) is 16.9. The number of benzene rings is 8. The quantitative estimate of drug-likeness (QED) is 0.178. The van der Waals surface area contributed by atoms with Crippen LogP contribution in [0.25, 0.3) is 60.5 Å². The number of nitrogens with zero attached hydrogens (tertiary/aromatic N) is 2. The fourth-order valence-corrected chi connectivity index (χ4v) is 7.47. The Labute approximate surface area is 286 Å². The molecule has 0 unspecified atom stereocenters. The molecule has 0 amide bonds. The first-order valence-electron chi connectivity index (χ1n) is 16.9. The predicted molar refractivity (Wildman–Crippen MR) is 209 cm³/mol. The molecule has 0 aliphatic heterocycles. The van der Waals surface area contributed by atoms with Crippen LogP contribution in [0.2, 0.25) is 0 Å². The van der Waals surface area contributed by atoms with Gasteiger partial charge in [0.15, 0.2) is 0 Å². The maximum atomic E-state index is 2.41. The molecule has 0 fully saturated rings. The molecule has 2 nitrogen and oxygen atoms in total. The summed E-state index contributed by atoms with van der Waals surface area (Å²) in [6.07, 6.45) is 0. The summed E-state index contributed by atoms with van der Waals surface area (Å²) >= 11 is 0. The molecule has 1 heterocycles. The van der Waals surface area contributed by atoms with Gasteiger partial charge in [-0.1, -0.05) is 133 Å². The van der Waals surface area contributed by atoms with Crippen molar-refractivity contribution in [1.82, 2.24) is 4.57 Å². The van der Waals surface area contributed by atoms with Crippen LogP contribution in [0.4, 0.5) is 17.1 Å². The van der Waals surface area contributed by atoms with Gasteiger partial charge in [0.1, 0.15) is 0 Å². The van der Waals surface area contributed by atoms with Gasteiger partial charge in [0.2, 0.25) is 0 Å². The van der Waals surface area contributed by atoms with Gasteiger partial charge in [0.25, 0.3) is 0 Å². The Morgan fingerprint density at radius 1 is 0.429 bits per heavy atom. The Hall–Kier alpha value is -6.38. The molecule has 0 atom stereocenters. The van der Waals surface area contributed by atoms with Crippen molar-refractivity contribution in [2.24, 2.45) is 0 Å². The summed E-state index contributed by atoms with van der Waals surface area (Å²) in [5.74, 6) is 0. The number of fused-ring (bicyclic) bond motifs is 4. The van der Waals surface area contributed by atoms with Crippen LogP contribution in [0, 0.1) is 6.92 Å². The molecule has 0 spiro atoms. The summed E-state index contributed by atoms with van der Waals surface area (Å²) in [6, 6.07) is 67.9. The minimum atomic E-state index is 1.12. The van der Waals surface area contributed by atoms with E-state index in [4.69, 9.17) is 0 Å². The highest BCUT2D eigenvalue weighted by atomic mass is 15.1. The fraction of sp³-hybridized carbons (Fsp3) is 0.0213. The van der Waals surface area contributed by atoms with E-state index in [9.17, 15) is 0 Å². The monoisotopic (exact) mass is 626 g/mol. The van der Waals surface area contributed by atoms with Gasteiger partial charge in [-0.05, 0) is 100 Å². The van der Waals surface area contributed by atoms with E-state index in [0.29, 0.717) is 0 Å². The van der Waals surface area contributed by atoms with Gasteiger partial charge in [0.05, 0.1) is 16.7 Å². The highest BCUT2D eigenvalue weighted by Gasteiger charge is 2.21. The number of para-hydroxylation sites is 2. The Morgan fingerprint density at radius 2 is 1.06 bits per heavy atom. The van der Waals surface area contributed by atoms with Gasteiger partial charge in [0, 0.05) is 27.8 Å². The van der Waals surface area contributed by atoms with Crippen molar-refractivity contribution in [2.75, 3.05) is 4.90 Å². The molecule has 0 aliphatic rings. The molecule has 9 aromatic rings. The summed E-state index contributed by atoms with van der Waals surface area (Å²) in [6.45, 7) is 2.21. The first kappa shape index (κ1) is 28.8. The molecule has 0 aliphatic carbocycles. The van der Waals surface area contributed by atoms with E-state index in [1.54, 1.807) is 0 Å². The lowest BCUT2D eigenvalue weighted by Crippen LogP contribution is -2.10. The second kappa shape index (κ2) is 12.0. The number of rotatable bonds is 6. The molecular weight excluding hydrogens is 593 g/mol.